The van der Waals surface area contributed by atoms with Crippen molar-refractivity contribution in [2.75, 3.05) is 31.5 Å². The maximum absolute atomic E-state index is 12.8. The molecule has 2 saturated heterocycles. The highest BCUT2D eigenvalue weighted by molar-refractivity contribution is 7.89. The largest absolute Gasteiger partial charge is 0.326 e. The van der Waals surface area contributed by atoms with Crippen molar-refractivity contribution in [1.29, 1.82) is 0 Å². The first kappa shape index (κ1) is 25.8. The summed E-state index contributed by atoms with van der Waals surface area (Å²) < 4.78 is 54.3. The van der Waals surface area contributed by atoms with Crippen molar-refractivity contribution in [2.24, 2.45) is 5.92 Å². The zero-order valence-corrected chi connectivity index (χ0v) is 21.7. The molecule has 1 N–H and O–H groups in total. The normalized spacial score (nSPS) is 18.9. The summed E-state index contributed by atoms with van der Waals surface area (Å²) >= 11 is 0. The zero-order valence-electron chi connectivity index (χ0n) is 20.0. The summed E-state index contributed by atoms with van der Waals surface area (Å²) in [5.41, 5.74) is 2.31. The van der Waals surface area contributed by atoms with Crippen LogP contribution in [0.15, 0.2) is 53.4 Å². The van der Waals surface area contributed by atoms with Gasteiger partial charge >= 0.3 is 0 Å². The van der Waals surface area contributed by atoms with Crippen molar-refractivity contribution in [3.63, 3.8) is 0 Å². The first-order valence-corrected chi connectivity index (χ1v) is 15.1. The fourth-order valence-electron chi connectivity index (χ4n) is 4.71. The SMILES string of the molecule is Cc1cccc(CS(=O)(=O)N2CCC(C(=O)Nc3ccc(S(=O)(=O)N4CCCCC4)cc3)CC2)c1. The van der Waals surface area contributed by atoms with Gasteiger partial charge in [-0.05, 0) is 62.4 Å². The molecule has 2 aliphatic heterocycles. The van der Waals surface area contributed by atoms with Crippen molar-refractivity contribution in [1.82, 2.24) is 8.61 Å². The van der Waals surface area contributed by atoms with Gasteiger partial charge in [0.25, 0.3) is 0 Å². The summed E-state index contributed by atoms with van der Waals surface area (Å²) in [6.45, 7) is 3.63. The van der Waals surface area contributed by atoms with Crippen LogP contribution in [0.5, 0.6) is 0 Å². The number of nitrogens with zero attached hydrogens (tertiary/aromatic N) is 2. The number of piperidine rings is 2. The molecule has 2 aromatic rings. The summed E-state index contributed by atoms with van der Waals surface area (Å²) in [6.07, 6.45) is 3.69. The second kappa shape index (κ2) is 10.8. The Morgan fingerprint density at radius 2 is 1.54 bits per heavy atom. The Bertz CT molecular complexity index is 1250. The molecule has 2 fully saturated rings. The van der Waals surface area contributed by atoms with E-state index >= 15 is 0 Å². The molecule has 2 aromatic carbocycles. The Morgan fingerprint density at radius 1 is 0.886 bits per heavy atom. The third-order valence-electron chi connectivity index (χ3n) is 6.72. The molecule has 2 aliphatic rings. The van der Waals surface area contributed by atoms with Crippen LogP contribution >= 0.6 is 0 Å². The van der Waals surface area contributed by atoms with E-state index < -0.39 is 20.0 Å². The van der Waals surface area contributed by atoms with Crippen LogP contribution in [0.3, 0.4) is 0 Å². The molecule has 35 heavy (non-hydrogen) atoms. The molecule has 0 aliphatic carbocycles. The number of sulfonamides is 2. The van der Waals surface area contributed by atoms with Gasteiger partial charge in [0.2, 0.25) is 26.0 Å². The Balaban J connectivity index is 1.31. The van der Waals surface area contributed by atoms with Crippen molar-refractivity contribution in [3.05, 3.63) is 59.7 Å². The lowest BCUT2D eigenvalue weighted by Crippen LogP contribution is -2.41. The van der Waals surface area contributed by atoms with E-state index in [1.54, 1.807) is 12.1 Å². The van der Waals surface area contributed by atoms with Crippen LogP contribution in [0, 0.1) is 12.8 Å². The summed E-state index contributed by atoms with van der Waals surface area (Å²) in [5, 5.41) is 2.85. The summed E-state index contributed by atoms with van der Waals surface area (Å²) in [7, 11) is -6.96. The van der Waals surface area contributed by atoms with Crippen LogP contribution in [-0.2, 0) is 30.6 Å². The molecule has 0 unspecified atom stereocenters. The maximum Gasteiger partial charge on any atom is 0.243 e. The highest BCUT2D eigenvalue weighted by Crippen LogP contribution is 2.25. The van der Waals surface area contributed by atoms with E-state index in [0.717, 1.165) is 30.4 Å². The van der Waals surface area contributed by atoms with Gasteiger partial charge in [0.15, 0.2) is 0 Å². The van der Waals surface area contributed by atoms with E-state index in [9.17, 15) is 21.6 Å². The van der Waals surface area contributed by atoms with Crippen LogP contribution in [0.1, 0.15) is 43.2 Å². The third kappa shape index (κ3) is 6.30. The first-order chi connectivity index (χ1) is 16.6. The Kier molecular flexibility index (Phi) is 7.95. The molecule has 0 radical (unpaired) electrons. The Labute approximate surface area is 208 Å². The number of anilines is 1. The standard InChI is InChI=1S/C25H33N3O5S2/c1-20-6-5-7-21(18-20)19-34(30,31)27-16-12-22(13-17-27)25(29)26-23-8-10-24(11-9-23)35(32,33)28-14-3-2-4-15-28/h5-11,18,22H,2-4,12-17,19H2,1H3,(H,26,29). The molecular formula is C25H33N3O5S2. The molecule has 8 nitrogen and oxygen atoms in total. The molecule has 0 atom stereocenters. The lowest BCUT2D eigenvalue weighted by atomic mass is 9.97. The molecule has 0 spiro atoms. The average molecular weight is 520 g/mol. The molecule has 10 heteroatoms. The lowest BCUT2D eigenvalue weighted by Gasteiger charge is -2.30. The van der Waals surface area contributed by atoms with Crippen LogP contribution < -0.4 is 5.32 Å². The van der Waals surface area contributed by atoms with Gasteiger partial charge in [-0.15, -0.1) is 0 Å². The van der Waals surface area contributed by atoms with E-state index in [4.69, 9.17) is 0 Å². The van der Waals surface area contributed by atoms with E-state index in [1.165, 1.54) is 20.7 Å². The lowest BCUT2D eigenvalue weighted by molar-refractivity contribution is -0.120. The zero-order chi connectivity index (χ0) is 25.1. The number of carbonyl (C=O) groups is 1. The molecule has 0 saturated carbocycles. The van der Waals surface area contributed by atoms with Gasteiger partial charge in [-0.1, -0.05) is 36.2 Å². The molecular weight excluding hydrogens is 486 g/mol. The maximum atomic E-state index is 12.8. The van der Waals surface area contributed by atoms with Gasteiger partial charge in [-0.2, -0.15) is 4.31 Å². The van der Waals surface area contributed by atoms with Crippen molar-refractivity contribution in [2.45, 2.75) is 49.7 Å². The van der Waals surface area contributed by atoms with Crippen LogP contribution in [-0.4, -0.2) is 57.5 Å². The highest BCUT2D eigenvalue weighted by atomic mass is 32.2. The van der Waals surface area contributed by atoms with E-state index in [2.05, 4.69) is 5.32 Å². The summed E-state index contributed by atoms with van der Waals surface area (Å²) in [5.74, 6) is -0.511. The van der Waals surface area contributed by atoms with Gasteiger partial charge in [0, 0.05) is 37.8 Å². The number of hydrogen-bond acceptors (Lipinski definition) is 5. The second-order valence-electron chi connectivity index (χ2n) is 9.40. The Morgan fingerprint density at radius 3 is 2.17 bits per heavy atom. The minimum Gasteiger partial charge on any atom is -0.326 e. The fraction of sp³-hybridized carbons (Fsp3) is 0.480. The van der Waals surface area contributed by atoms with Crippen LogP contribution in [0.4, 0.5) is 5.69 Å². The van der Waals surface area contributed by atoms with Crippen LogP contribution in [0.25, 0.3) is 0 Å². The number of carbonyl (C=O) groups excluding carboxylic acids is 1. The molecule has 0 aromatic heterocycles. The smallest absolute Gasteiger partial charge is 0.243 e. The number of rotatable bonds is 7. The third-order valence-corrected chi connectivity index (χ3v) is 10.5. The predicted molar refractivity (Wildman–Crippen MR) is 136 cm³/mol. The van der Waals surface area contributed by atoms with E-state index in [-0.39, 0.29) is 22.5 Å². The monoisotopic (exact) mass is 519 g/mol. The number of nitrogens with one attached hydrogen (secondary N) is 1. The molecule has 0 bridgehead atoms. The summed E-state index contributed by atoms with van der Waals surface area (Å²) in [6, 6.07) is 13.7. The topological polar surface area (TPSA) is 104 Å². The van der Waals surface area contributed by atoms with Gasteiger partial charge in [0.1, 0.15) is 0 Å². The highest BCUT2D eigenvalue weighted by Gasteiger charge is 2.31. The quantitative estimate of drug-likeness (QED) is 0.604. The van der Waals surface area contributed by atoms with Gasteiger partial charge in [0.05, 0.1) is 10.6 Å². The first-order valence-electron chi connectivity index (χ1n) is 12.1. The van der Waals surface area contributed by atoms with Gasteiger partial charge < -0.3 is 5.32 Å². The van der Waals surface area contributed by atoms with E-state index in [0.29, 0.717) is 44.7 Å². The molecule has 4 rings (SSSR count). The van der Waals surface area contributed by atoms with Crippen molar-refractivity contribution in [3.8, 4) is 0 Å². The van der Waals surface area contributed by atoms with E-state index in [1.807, 2.05) is 31.2 Å². The molecule has 190 valence electrons. The predicted octanol–water partition coefficient (Wildman–Crippen LogP) is 3.35. The average Bonchev–Trinajstić information content (AvgIpc) is 2.85. The van der Waals surface area contributed by atoms with Crippen LogP contribution in [0.2, 0.25) is 0 Å². The van der Waals surface area contributed by atoms with Gasteiger partial charge in [-0.3, -0.25) is 4.79 Å². The van der Waals surface area contributed by atoms with Crippen molar-refractivity contribution >= 4 is 31.6 Å². The number of benzene rings is 2. The fourth-order valence-corrected chi connectivity index (χ4v) is 7.78. The summed E-state index contributed by atoms with van der Waals surface area (Å²) in [4.78, 5) is 13.0. The number of amides is 1. The number of aryl methyl sites for hydroxylation is 1. The van der Waals surface area contributed by atoms with Gasteiger partial charge in [-0.25, -0.2) is 21.1 Å². The van der Waals surface area contributed by atoms with Crippen molar-refractivity contribution < 1.29 is 21.6 Å². The minimum absolute atomic E-state index is 0.0434. The molecule has 2 heterocycles. The molecule has 1 amide bonds. The second-order valence-corrected chi connectivity index (χ2v) is 13.3. The number of hydrogen-bond donors (Lipinski definition) is 1. The minimum atomic E-state index is -3.51. The Hall–Kier alpha value is -2.27.